The van der Waals surface area contributed by atoms with Gasteiger partial charge in [-0.2, -0.15) is 0 Å². The minimum absolute atomic E-state index is 0.0463. The highest BCUT2D eigenvalue weighted by atomic mass is 16.6. The summed E-state index contributed by atoms with van der Waals surface area (Å²) in [5.74, 6) is -3.04. The molecule has 0 aliphatic carbocycles. The minimum Gasteiger partial charge on any atom is -0.463 e. The Labute approximate surface area is 212 Å². The van der Waals surface area contributed by atoms with Gasteiger partial charge in [0, 0.05) is 13.0 Å². The number of carbonyl (C=O) groups excluding carboxylic acids is 4. The number of aliphatic hydroxyl groups is 1. The van der Waals surface area contributed by atoms with Crippen molar-refractivity contribution in [2.45, 2.75) is 64.5 Å². The summed E-state index contributed by atoms with van der Waals surface area (Å²) in [4.78, 5) is 50.6. The van der Waals surface area contributed by atoms with Crippen molar-refractivity contribution in [3.05, 3.63) is 48.0 Å². The van der Waals surface area contributed by atoms with E-state index in [1.54, 1.807) is 32.9 Å². The minimum atomic E-state index is -0.727. The Balaban J connectivity index is 2.21. The van der Waals surface area contributed by atoms with Crippen molar-refractivity contribution in [2.75, 3.05) is 19.8 Å². The molecule has 0 radical (unpaired) electrons. The van der Waals surface area contributed by atoms with E-state index in [4.69, 9.17) is 14.6 Å². The maximum Gasteiger partial charge on any atom is 0.309 e. The number of nitrogens with one attached hydrogen (secondary N) is 2. The van der Waals surface area contributed by atoms with Crippen molar-refractivity contribution in [2.24, 2.45) is 11.8 Å². The predicted octanol–water partition coefficient (Wildman–Crippen LogP) is 2.07. The zero-order valence-corrected chi connectivity index (χ0v) is 21.3. The Bertz CT molecular complexity index is 908. The van der Waals surface area contributed by atoms with Crippen LogP contribution in [0.4, 0.5) is 0 Å². The maximum atomic E-state index is 13.1. The summed E-state index contributed by atoms with van der Waals surface area (Å²) in [6, 6.07) is 8.97. The van der Waals surface area contributed by atoms with Gasteiger partial charge in [0.2, 0.25) is 11.8 Å². The molecule has 0 spiro atoms. The number of aliphatic hydroxyl groups excluding tert-OH is 1. The fourth-order valence-corrected chi connectivity index (χ4v) is 3.81. The van der Waals surface area contributed by atoms with Crippen LogP contribution in [0.25, 0.3) is 0 Å². The van der Waals surface area contributed by atoms with Crippen molar-refractivity contribution in [3.8, 4) is 0 Å². The molecule has 3 atom stereocenters. The van der Waals surface area contributed by atoms with Crippen molar-refractivity contribution in [3.63, 3.8) is 0 Å². The van der Waals surface area contributed by atoms with Crippen LogP contribution >= 0.6 is 0 Å². The molecule has 198 valence electrons. The topological polar surface area (TPSA) is 131 Å². The van der Waals surface area contributed by atoms with Crippen molar-refractivity contribution < 1.29 is 33.8 Å². The quantitative estimate of drug-likeness (QED) is 0.366. The zero-order chi connectivity index (χ0) is 26.6. The van der Waals surface area contributed by atoms with Crippen LogP contribution < -0.4 is 10.6 Å². The summed E-state index contributed by atoms with van der Waals surface area (Å²) in [7, 11) is 0. The Morgan fingerprint density at radius 3 is 2.39 bits per heavy atom. The van der Waals surface area contributed by atoms with Crippen LogP contribution in [0, 0.1) is 11.8 Å². The van der Waals surface area contributed by atoms with Crippen LogP contribution in [0.15, 0.2) is 42.5 Å². The second-order valence-electron chi connectivity index (χ2n) is 9.93. The molecule has 0 unspecified atom stereocenters. The lowest BCUT2D eigenvalue weighted by molar-refractivity contribution is -0.161. The number of hydrogen-bond donors (Lipinski definition) is 3. The van der Waals surface area contributed by atoms with Gasteiger partial charge in [-0.15, -0.1) is 0 Å². The number of cyclic esters (lactones) is 1. The number of hydrogen-bond acceptors (Lipinski definition) is 7. The van der Waals surface area contributed by atoms with Gasteiger partial charge < -0.3 is 25.2 Å². The van der Waals surface area contributed by atoms with Crippen molar-refractivity contribution in [1.82, 2.24) is 10.6 Å². The molecule has 0 fully saturated rings. The van der Waals surface area contributed by atoms with Gasteiger partial charge in [0.1, 0.15) is 12.2 Å². The van der Waals surface area contributed by atoms with Gasteiger partial charge in [-0.25, -0.2) is 0 Å². The van der Waals surface area contributed by atoms with Crippen LogP contribution in [0.2, 0.25) is 0 Å². The van der Waals surface area contributed by atoms with E-state index in [0.29, 0.717) is 6.42 Å². The second-order valence-corrected chi connectivity index (χ2v) is 9.93. The first-order valence-electron chi connectivity index (χ1n) is 12.3. The lowest BCUT2D eigenvalue weighted by atomic mass is 9.96. The van der Waals surface area contributed by atoms with E-state index < -0.39 is 35.4 Å². The van der Waals surface area contributed by atoms with Gasteiger partial charge in [-0.05, 0) is 45.6 Å². The van der Waals surface area contributed by atoms with Crippen molar-refractivity contribution in [1.29, 1.82) is 0 Å². The second kappa shape index (κ2) is 14.4. The molecule has 1 aromatic carbocycles. The fraction of sp³-hybridized carbons (Fsp3) is 0.556. The van der Waals surface area contributed by atoms with Gasteiger partial charge in [0.25, 0.3) is 0 Å². The Hall–Kier alpha value is -3.20. The highest BCUT2D eigenvalue weighted by Gasteiger charge is 2.29. The molecule has 1 heterocycles. The molecule has 1 aliphatic heterocycles. The molecule has 1 aliphatic rings. The lowest BCUT2D eigenvalue weighted by Gasteiger charge is -2.25. The molecule has 9 nitrogen and oxygen atoms in total. The first kappa shape index (κ1) is 29.0. The molecular formula is C27H38N2O7. The largest absolute Gasteiger partial charge is 0.463 e. The third-order valence-electron chi connectivity index (χ3n) is 5.51. The molecule has 0 saturated carbocycles. The van der Waals surface area contributed by atoms with E-state index in [9.17, 15) is 19.2 Å². The number of ether oxygens (including phenoxy) is 2. The average molecular weight is 503 g/mol. The van der Waals surface area contributed by atoms with E-state index in [1.165, 1.54) is 0 Å². The number of amides is 2. The third kappa shape index (κ3) is 11.0. The van der Waals surface area contributed by atoms with E-state index in [2.05, 4.69) is 10.6 Å². The molecule has 0 aromatic heterocycles. The first-order chi connectivity index (χ1) is 17.1. The van der Waals surface area contributed by atoms with E-state index >= 15 is 0 Å². The molecular weight excluding hydrogens is 464 g/mol. The summed E-state index contributed by atoms with van der Waals surface area (Å²) >= 11 is 0. The SMILES string of the molecule is CC(C)(C)OC(=O)C[C@@H]1C/C=C\C[C@H](CC(=O)NCCO)C(=O)N[C@@H](Cc2ccccc2)COC1=O. The first-order valence-corrected chi connectivity index (χ1v) is 12.3. The molecule has 3 N–H and O–H groups in total. The predicted molar refractivity (Wildman–Crippen MR) is 134 cm³/mol. The zero-order valence-electron chi connectivity index (χ0n) is 21.3. The fourth-order valence-electron chi connectivity index (χ4n) is 3.81. The Kier molecular flexibility index (Phi) is 11.6. The molecule has 36 heavy (non-hydrogen) atoms. The summed E-state index contributed by atoms with van der Waals surface area (Å²) in [5, 5.41) is 14.5. The van der Waals surface area contributed by atoms with Crippen LogP contribution in [0.5, 0.6) is 0 Å². The highest BCUT2D eigenvalue weighted by Crippen LogP contribution is 2.19. The van der Waals surface area contributed by atoms with Gasteiger partial charge in [0.05, 0.1) is 30.9 Å². The Morgan fingerprint density at radius 1 is 1.08 bits per heavy atom. The molecule has 9 heteroatoms. The van der Waals surface area contributed by atoms with Crippen LogP contribution in [0.3, 0.4) is 0 Å². The number of rotatable bonds is 8. The molecule has 1 aromatic rings. The maximum absolute atomic E-state index is 13.1. The summed E-state index contributed by atoms with van der Waals surface area (Å²) in [5.41, 5.74) is 0.283. The number of benzene rings is 1. The summed E-state index contributed by atoms with van der Waals surface area (Å²) in [6.45, 7) is 5.14. The monoisotopic (exact) mass is 502 g/mol. The number of carbonyl (C=O) groups is 4. The standard InChI is InChI=1S/C27H38N2O7/c1-27(2,3)36-24(32)17-21-12-8-7-11-20(16-23(31)28-13-14-30)25(33)29-22(18-35-26(21)34)15-19-9-5-4-6-10-19/h4-10,20-22,30H,11-18H2,1-3H3,(H,28,31)(H,29,33)/b8-7-/t20-,21+,22+/m1/s1. The van der Waals surface area contributed by atoms with E-state index in [1.807, 2.05) is 30.3 Å². The normalized spacial score (nSPS) is 22.3. The molecule has 2 rings (SSSR count). The third-order valence-corrected chi connectivity index (χ3v) is 5.51. The summed E-state index contributed by atoms with van der Waals surface area (Å²) < 4.78 is 10.9. The van der Waals surface area contributed by atoms with Crippen LogP contribution in [0.1, 0.15) is 52.0 Å². The molecule has 0 bridgehead atoms. The van der Waals surface area contributed by atoms with Gasteiger partial charge in [-0.3, -0.25) is 19.2 Å². The smallest absolute Gasteiger partial charge is 0.309 e. The van der Waals surface area contributed by atoms with E-state index in [-0.39, 0.29) is 57.3 Å². The highest BCUT2D eigenvalue weighted by molar-refractivity contribution is 5.86. The molecule has 0 saturated heterocycles. The number of allylic oxidation sites excluding steroid dienone is 2. The van der Waals surface area contributed by atoms with Gasteiger partial charge >= 0.3 is 11.9 Å². The average Bonchev–Trinajstić information content (AvgIpc) is 2.80. The van der Waals surface area contributed by atoms with Gasteiger partial charge in [-0.1, -0.05) is 42.5 Å². The number of esters is 2. The summed E-state index contributed by atoms with van der Waals surface area (Å²) in [6.07, 6.45) is 4.25. The van der Waals surface area contributed by atoms with Crippen LogP contribution in [-0.4, -0.2) is 60.3 Å². The lowest BCUT2D eigenvalue weighted by Crippen LogP contribution is -2.45. The molecule has 2 amide bonds. The Morgan fingerprint density at radius 2 is 1.75 bits per heavy atom. The van der Waals surface area contributed by atoms with Crippen molar-refractivity contribution >= 4 is 23.8 Å². The van der Waals surface area contributed by atoms with Crippen LogP contribution in [-0.2, 0) is 35.1 Å². The van der Waals surface area contributed by atoms with Gasteiger partial charge in [0.15, 0.2) is 0 Å². The van der Waals surface area contributed by atoms with E-state index in [0.717, 1.165) is 5.56 Å².